The number of ether oxygens (including phenoxy) is 1. The Hall–Kier alpha value is -1.88. The summed E-state index contributed by atoms with van der Waals surface area (Å²) < 4.78 is 10.2. The van der Waals surface area contributed by atoms with Gasteiger partial charge in [-0.1, -0.05) is 17.3 Å². The van der Waals surface area contributed by atoms with Crippen LogP contribution in [0.5, 0.6) is 0 Å². The lowest BCUT2D eigenvalue weighted by Crippen LogP contribution is -1.96. The first-order valence-corrected chi connectivity index (χ1v) is 4.93. The molecule has 1 atom stereocenters. The van der Waals surface area contributed by atoms with E-state index in [4.69, 9.17) is 15.0 Å². The van der Waals surface area contributed by atoms with Gasteiger partial charge in [-0.25, -0.2) is 0 Å². The van der Waals surface area contributed by atoms with Crippen LogP contribution in [0.2, 0.25) is 0 Å². The van der Waals surface area contributed by atoms with Crippen LogP contribution >= 0.6 is 0 Å². The largest absolute Gasteiger partial charge is 0.398 e. The van der Waals surface area contributed by atoms with E-state index in [0.717, 1.165) is 5.56 Å². The molecular weight excluding hydrogens is 206 g/mol. The molecule has 2 aromatic rings. The van der Waals surface area contributed by atoms with Gasteiger partial charge in [-0.3, -0.25) is 0 Å². The first kappa shape index (κ1) is 10.6. The Morgan fingerprint density at radius 2 is 2.12 bits per heavy atom. The maximum absolute atomic E-state index is 5.82. The van der Waals surface area contributed by atoms with Crippen molar-refractivity contribution < 1.29 is 9.26 Å². The molecule has 0 fully saturated rings. The standard InChI is InChI=1S/C11H13N3O2/c1-7(15-2)11-13-10(14-16-11)8-5-3-4-6-9(8)12/h3-7H,12H2,1-2H3. The second-order valence-electron chi connectivity index (χ2n) is 3.42. The van der Waals surface area contributed by atoms with Gasteiger partial charge in [-0.15, -0.1) is 0 Å². The number of benzene rings is 1. The van der Waals surface area contributed by atoms with Gasteiger partial charge in [0.1, 0.15) is 6.10 Å². The average molecular weight is 219 g/mol. The van der Waals surface area contributed by atoms with Gasteiger partial charge < -0.3 is 15.0 Å². The molecule has 0 aliphatic carbocycles. The summed E-state index contributed by atoms with van der Waals surface area (Å²) in [6.07, 6.45) is -0.216. The van der Waals surface area contributed by atoms with Crippen molar-refractivity contribution in [2.45, 2.75) is 13.0 Å². The number of hydrogen-bond acceptors (Lipinski definition) is 5. The quantitative estimate of drug-likeness (QED) is 0.799. The molecule has 5 heteroatoms. The molecule has 16 heavy (non-hydrogen) atoms. The summed E-state index contributed by atoms with van der Waals surface area (Å²) in [6.45, 7) is 1.84. The molecule has 0 amide bonds. The van der Waals surface area contributed by atoms with Gasteiger partial charge in [0.25, 0.3) is 5.89 Å². The lowest BCUT2D eigenvalue weighted by Gasteiger charge is -2.01. The van der Waals surface area contributed by atoms with Gasteiger partial charge in [0.05, 0.1) is 0 Å². The third-order valence-electron chi connectivity index (χ3n) is 2.34. The summed E-state index contributed by atoms with van der Waals surface area (Å²) in [4.78, 5) is 4.23. The molecule has 0 saturated heterocycles. The molecular formula is C11H13N3O2. The summed E-state index contributed by atoms with van der Waals surface area (Å²) in [5.41, 5.74) is 7.21. The van der Waals surface area contributed by atoms with Crippen molar-refractivity contribution in [3.8, 4) is 11.4 Å². The Morgan fingerprint density at radius 3 is 2.81 bits per heavy atom. The van der Waals surface area contributed by atoms with Crippen LogP contribution in [0, 0.1) is 0 Å². The van der Waals surface area contributed by atoms with Gasteiger partial charge in [0.2, 0.25) is 5.82 Å². The number of para-hydroxylation sites is 1. The number of anilines is 1. The van der Waals surface area contributed by atoms with Crippen molar-refractivity contribution in [2.24, 2.45) is 0 Å². The van der Waals surface area contributed by atoms with Gasteiger partial charge in [0, 0.05) is 18.4 Å². The summed E-state index contributed by atoms with van der Waals surface area (Å²) in [5.74, 6) is 0.928. The minimum atomic E-state index is -0.216. The zero-order chi connectivity index (χ0) is 11.5. The summed E-state index contributed by atoms with van der Waals surface area (Å²) in [6, 6.07) is 7.38. The molecule has 0 saturated carbocycles. The average Bonchev–Trinajstić information content (AvgIpc) is 2.78. The van der Waals surface area contributed by atoms with Gasteiger partial charge >= 0.3 is 0 Å². The van der Waals surface area contributed by atoms with Crippen LogP contribution in [-0.4, -0.2) is 17.3 Å². The lowest BCUT2D eigenvalue weighted by molar-refractivity contribution is 0.0886. The molecule has 2 rings (SSSR count). The van der Waals surface area contributed by atoms with Crippen molar-refractivity contribution in [1.82, 2.24) is 10.1 Å². The highest BCUT2D eigenvalue weighted by molar-refractivity contribution is 5.70. The van der Waals surface area contributed by atoms with Crippen LogP contribution in [0.15, 0.2) is 28.8 Å². The van der Waals surface area contributed by atoms with Crippen molar-refractivity contribution in [3.05, 3.63) is 30.2 Å². The number of nitrogen functional groups attached to an aromatic ring is 1. The Balaban J connectivity index is 2.35. The van der Waals surface area contributed by atoms with E-state index in [2.05, 4.69) is 10.1 Å². The van der Waals surface area contributed by atoms with E-state index in [0.29, 0.717) is 17.4 Å². The number of nitrogens with two attached hydrogens (primary N) is 1. The molecule has 1 heterocycles. The number of nitrogens with zero attached hydrogens (tertiary/aromatic N) is 2. The van der Waals surface area contributed by atoms with Crippen molar-refractivity contribution in [1.29, 1.82) is 0 Å². The molecule has 0 aliphatic rings. The third kappa shape index (κ3) is 1.90. The van der Waals surface area contributed by atoms with Crippen LogP contribution in [0.25, 0.3) is 11.4 Å². The Kier molecular flexibility index (Phi) is 2.87. The number of methoxy groups -OCH3 is 1. The molecule has 1 aromatic carbocycles. The minimum absolute atomic E-state index is 0.216. The fourth-order valence-electron chi connectivity index (χ4n) is 1.31. The highest BCUT2D eigenvalue weighted by atomic mass is 16.5. The van der Waals surface area contributed by atoms with Crippen LogP contribution in [0.1, 0.15) is 18.9 Å². The Morgan fingerprint density at radius 1 is 1.38 bits per heavy atom. The molecule has 1 aromatic heterocycles. The number of rotatable bonds is 3. The van der Waals surface area contributed by atoms with Crippen LogP contribution in [-0.2, 0) is 4.74 Å². The first-order chi connectivity index (χ1) is 7.72. The van der Waals surface area contributed by atoms with Crippen LogP contribution in [0.4, 0.5) is 5.69 Å². The van der Waals surface area contributed by atoms with Crippen molar-refractivity contribution in [2.75, 3.05) is 12.8 Å². The molecule has 0 aliphatic heterocycles. The predicted molar refractivity (Wildman–Crippen MR) is 59.6 cm³/mol. The van der Waals surface area contributed by atoms with Gasteiger partial charge in [-0.2, -0.15) is 4.98 Å². The maximum Gasteiger partial charge on any atom is 0.255 e. The maximum atomic E-state index is 5.82. The van der Waals surface area contributed by atoms with Crippen LogP contribution in [0.3, 0.4) is 0 Å². The topological polar surface area (TPSA) is 74.2 Å². The molecule has 1 unspecified atom stereocenters. The fourth-order valence-corrected chi connectivity index (χ4v) is 1.31. The Labute approximate surface area is 93.2 Å². The molecule has 0 spiro atoms. The third-order valence-corrected chi connectivity index (χ3v) is 2.34. The van der Waals surface area contributed by atoms with E-state index in [1.165, 1.54) is 0 Å². The van der Waals surface area contributed by atoms with Crippen molar-refractivity contribution >= 4 is 5.69 Å². The summed E-state index contributed by atoms with van der Waals surface area (Å²) in [5, 5.41) is 3.87. The molecule has 0 bridgehead atoms. The van der Waals surface area contributed by atoms with E-state index in [-0.39, 0.29) is 6.10 Å². The SMILES string of the molecule is COC(C)c1nc(-c2ccccc2N)no1. The minimum Gasteiger partial charge on any atom is -0.398 e. The smallest absolute Gasteiger partial charge is 0.255 e. The van der Waals surface area contributed by atoms with Crippen LogP contribution < -0.4 is 5.73 Å². The zero-order valence-corrected chi connectivity index (χ0v) is 9.18. The van der Waals surface area contributed by atoms with E-state index in [1.807, 2.05) is 25.1 Å². The monoisotopic (exact) mass is 219 g/mol. The zero-order valence-electron chi connectivity index (χ0n) is 9.18. The molecule has 5 nitrogen and oxygen atoms in total. The summed E-state index contributed by atoms with van der Waals surface area (Å²) >= 11 is 0. The van der Waals surface area contributed by atoms with Crippen molar-refractivity contribution in [3.63, 3.8) is 0 Å². The Bertz CT molecular complexity index is 482. The normalized spacial score (nSPS) is 12.6. The highest BCUT2D eigenvalue weighted by Gasteiger charge is 2.15. The fraction of sp³-hybridized carbons (Fsp3) is 0.273. The number of aromatic nitrogens is 2. The molecule has 84 valence electrons. The van der Waals surface area contributed by atoms with E-state index >= 15 is 0 Å². The van der Waals surface area contributed by atoms with Gasteiger partial charge in [-0.05, 0) is 19.1 Å². The second-order valence-corrected chi connectivity index (χ2v) is 3.42. The molecule has 2 N–H and O–H groups in total. The summed E-state index contributed by atoms with van der Waals surface area (Å²) in [7, 11) is 1.59. The lowest BCUT2D eigenvalue weighted by atomic mass is 10.2. The van der Waals surface area contributed by atoms with Gasteiger partial charge in [0.15, 0.2) is 0 Å². The molecule has 0 radical (unpaired) electrons. The highest BCUT2D eigenvalue weighted by Crippen LogP contribution is 2.24. The predicted octanol–water partition coefficient (Wildman–Crippen LogP) is 2.03. The number of hydrogen-bond donors (Lipinski definition) is 1. The van der Waals surface area contributed by atoms with E-state index < -0.39 is 0 Å². The van der Waals surface area contributed by atoms with E-state index in [9.17, 15) is 0 Å². The van der Waals surface area contributed by atoms with E-state index in [1.54, 1.807) is 13.2 Å². The first-order valence-electron chi connectivity index (χ1n) is 4.93. The second kappa shape index (κ2) is 4.32.